The maximum absolute atomic E-state index is 11.0. The van der Waals surface area contributed by atoms with Crippen molar-refractivity contribution in [3.05, 3.63) is 65.2 Å². The number of nitrogens with one attached hydrogen (secondary N) is 1. The van der Waals surface area contributed by atoms with Crippen LogP contribution in [0.15, 0.2) is 48.5 Å². The van der Waals surface area contributed by atoms with Crippen molar-refractivity contribution in [3.63, 3.8) is 0 Å². The summed E-state index contributed by atoms with van der Waals surface area (Å²) in [7, 11) is 0. The molecule has 0 saturated heterocycles. The first kappa shape index (κ1) is 14.1. The molecule has 1 atom stereocenters. The Kier molecular flexibility index (Phi) is 4.41. The molecular formula is C17H19NO2. The minimum absolute atomic E-state index is 0.0333. The molecule has 0 aliphatic heterocycles. The molecule has 2 rings (SSSR count). The highest BCUT2D eigenvalue weighted by Crippen LogP contribution is 2.24. The molecule has 104 valence electrons. The molecule has 0 aliphatic carbocycles. The lowest BCUT2D eigenvalue weighted by Gasteiger charge is -2.18. The zero-order valence-corrected chi connectivity index (χ0v) is 11.8. The Labute approximate surface area is 119 Å². The van der Waals surface area contributed by atoms with Crippen molar-refractivity contribution in [2.24, 2.45) is 0 Å². The highest BCUT2D eigenvalue weighted by atomic mass is 16.4. The van der Waals surface area contributed by atoms with Gasteiger partial charge in [-0.25, -0.2) is 0 Å². The lowest BCUT2D eigenvalue weighted by atomic mass is 10.0. The van der Waals surface area contributed by atoms with Gasteiger partial charge >= 0.3 is 5.97 Å². The number of hydrogen-bond acceptors (Lipinski definition) is 2. The fourth-order valence-corrected chi connectivity index (χ4v) is 2.23. The number of carbonyl (C=O) groups is 1. The van der Waals surface area contributed by atoms with Gasteiger partial charge in [-0.2, -0.15) is 0 Å². The van der Waals surface area contributed by atoms with Crippen LogP contribution in [0.3, 0.4) is 0 Å². The van der Waals surface area contributed by atoms with E-state index in [1.165, 1.54) is 5.56 Å². The summed E-state index contributed by atoms with van der Waals surface area (Å²) in [5.41, 5.74) is 3.95. The average Bonchev–Trinajstić information content (AvgIpc) is 2.42. The van der Waals surface area contributed by atoms with Crippen molar-refractivity contribution in [2.75, 3.05) is 5.32 Å². The third kappa shape index (κ3) is 3.60. The molecule has 0 spiro atoms. The van der Waals surface area contributed by atoms with E-state index >= 15 is 0 Å². The summed E-state index contributed by atoms with van der Waals surface area (Å²) in [6, 6.07) is 16.1. The molecule has 0 aliphatic rings. The third-order valence-electron chi connectivity index (χ3n) is 3.27. The maximum atomic E-state index is 11.0. The Balaban J connectivity index is 2.22. The van der Waals surface area contributed by atoms with Gasteiger partial charge in [-0.15, -0.1) is 0 Å². The second-order valence-corrected chi connectivity index (χ2v) is 5.01. The van der Waals surface area contributed by atoms with Crippen molar-refractivity contribution in [3.8, 4) is 0 Å². The van der Waals surface area contributed by atoms with E-state index in [9.17, 15) is 4.79 Å². The Morgan fingerprint density at radius 2 is 1.90 bits per heavy atom. The van der Waals surface area contributed by atoms with E-state index in [1.54, 1.807) is 0 Å². The molecule has 3 nitrogen and oxygen atoms in total. The van der Waals surface area contributed by atoms with Gasteiger partial charge in [-0.05, 0) is 31.0 Å². The zero-order valence-electron chi connectivity index (χ0n) is 11.8. The fraction of sp³-hybridized carbons (Fsp3) is 0.235. The molecule has 2 N–H and O–H groups in total. The molecule has 0 bridgehead atoms. The molecule has 20 heavy (non-hydrogen) atoms. The van der Waals surface area contributed by atoms with E-state index in [-0.39, 0.29) is 12.5 Å². The molecule has 0 saturated carbocycles. The van der Waals surface area contributed by atoms with Gasteiger partial charge in [-0.3, -0.25) is 4.79 Å². The first-order valence-corrected chi connectivity index (χ1v) is 6.69. The summed E-state index contributed by atoms with van der Waals surface area (Å²) in [4.78, 5) is 11.0. The van der Waals surface area contributed by atoms with E-state index in [0.717, 1.165) is 16.8 Å². The second-order valence-electron chi connectivity index (χ2n) is 5.01. The van der Waals surface area contributed by atoms with Crippen LogP contribution in [0.25, 0.3) is 0 Å². The molecule has 2 aromatic rings. The predicted octanol–water partition coefficient (Wildman–Crippen LogP) is 3.80. The Morgan fingerprint density at radius 3 is 2.55 bits per heavy atom. The van der Waals surface area contributed by atoms with E-state index in [4.69, 9.17) is 5.11 Å². The number of aliphatic carboxylic acids is 1. The smallest absolute Gasteiger partial charge is 0.307 e. The van der Waals surface area contributed by atoms with Gasteiger partial charge in [0.1, 0.15) is 0 Å². The van der Waals surface area contributed by atoms with E-state index in [2.05, 4.69) is 24.4 Å². The lowest BCUT2D eigenvalue weighted by Crippen LogP contribution is -2.10. The number of anilines is 1. The van der Waals surface area contributed by atoms with Crippen LogP contribution < -0.4 is 5.32 Å². The van der Waals surface area contributed by atoms with Crippen LogP contribution in [0.1, 0.15) is 29.7 Å². The number of benzene rings is 2. The summed E-state index contributed by atoms with van der Waals surface area (Å²) >= 11 is 0. The highest BCUT2D eigenvalue weighted by Gasteiger charge is 2.10. The van der Waals surface area contributed by atoms with Crippen molar-refractivity contribution < 1.29 is 9.90 Å². The number of hydrogen-bond donors (Lipinski definition) is 2. The summed E-state index contributed by atoms with van der Waals surface area (Å²) in [5, 5.41) is 12.4. The molecule has 0 amide bonds. The normalized spacial score (nSPS) is 11.9. The summed E-state index contributed by atoms with van der Waals surface area (Å²) in [6.45, 7) is 4.04. The van der Waals surface area contributed by atoms with Crippen molar-refractivity contribution >= 4 is 11.7 Å². The molecule has 1 unspecified atom stereocenters. The maximum Gasteiger partial charge on any atom is 0.307 e. The van der Waals surface area contributed by atoms with Gasteiger partial charge in [-0.1, -0.05) is 48.0 Å². The lowest BCUT2D eigenvalue weighted by molar-refractivity contribution is -0.136. The highest BCUT2D eigenvalue weighted by molar-refractivity contribution is 5.73. The Morgan fingerprint density at radius 1 is 1.20 bits per heavy atom. The van der Waals surface area contributed by atoms with E-state index < -0.39 is 5.97 Å². The number of rotatable bonds is 5. The van der Waals surface area contributed by atoms with Crippen molar-refractivity contribution in [1.82, 2.24) is 0 Å². The summed E-state index contributed by atoms with van der Waals surface area (Å²) in [6.07, 6.45) is 0.0333. The zero-order chi connectivity index (χ0) is 14.5. The molecule has 0 radical (unpaired) electrons. The second kappa shape index (κ2) is 6.24. The van der Waals surface area contributed by atoms with Crippen LogP contribution in [0.5, 0.6) is 0 Å². The fourth-order valence-electron chi connectivity index (χ4n) is 2.23. The van der Waals surface area contributed by atoms with Crippen LogP contribution in [0.4, 0.5) is 5.69 Å². The van der Waals surface area contributed by atoms with Gasteiger partial charge in [0.2, 0.25) is 0 Å². The van der Waals surface area contributed by atoms with Crippen LogP contribution in [-0.4, -0.2) is 11.1 Å². The first-order chi connectivity index (χ1) is 9.56. The SMILES string of the molecule is Cc1ccc(NC(C)c2ccccc2)c(CC(=O)O)c1. The molecular weight excluding hydrogens is 250 g/mol. The van der Waals surface area contributed by atoms with E-state index in [1.807, 2.05) is 43.3 Å². The molecule has 0 aromatic heterocycles. The van der Waals surface area contributed by atoms with Crippen molar-refractivity contribution in [1.29, 1.82) is 0 Å². The summed E-state index contributed by atoms with van der Waals surface area (Å²) in [5.74, 6) is -0.814. The van der Waals surface area contributed by atoms with Crippen LogP contribution >= 0.6 is 0 Å². The monoisotopic (exact) mass is 269 g/mol. The number of aryl methyl sites for hydroxylation is 1. The number of carboxylic acid groups (broad SMARTS) is 1. The standard InChI is InChI=1S/C17H19NO2/c1-12-8-9-16(15(10-12)11-17(19)20)18-13(2)14-6-4-3-5-7-14/h3-10,13,18H,11H2,1-2H3,(H,19,20). The van der Waals surface area contributed by atoms with Crippen molar-refractivity contribution in [2.45, 2.75) is 26.3 Å². The minimum atomic E-state index is -0.814. The number of carboxylic acids is 1. The molecule has 3 heteroatoms. The van der Waals surface area contributed by atoms with Crippen LogP contribution in [0, 0.1) is 6.92 Å². The largest absolute Gasteiger partial charge is 0.481 e. The predicted molar refractivity (Wildman–Crippen MR) is 81.0 cm³/mol. The topological polar surface area (TPSA) is 49.3 Å². The van der Waals surface area contributed by atoms with E-state index in [0.29, 0.717) is 0 Å². The molecule has 0 heterocycles. The van der Waals surface area contributed by atoms with Gasteiger partial charge in [0.15, 0.2) is 0 Å². The van der Waals surface area contributed by atoms with Gasteiger partial charge in [0.25, 0.3) is 0 Å². The van der Waals surface area contributed by atoms with Crippen LogP contribution in [-0.2, 0) is 11.2 Å². The first-order valence-electron chi connectivity index (χ1n) is 6.69. The average molecular weight is 269 g/mol. The third-order valence-corrected chi connectivity index (χ3v) is 3.27. The van der Waals surface area contributed by atoms with Gasteiger partial charge in [0, 0.05) is 11.7 Å². The van der Waals surface area contributed by atoms with Gasteiger partial charge in [0.05, 0.1) is 6.42 Å². The summed E-state index contributed by atoms with van der Waals surface area (Å²) < 4.78 is 0. The molecule has 0 fully saturated rings. The quantitative estimate of drug-likeness (QED) is 0.868. The van der Waals surface area contributed by atoms with Gasteiger partial charge < -0.3 is 10.4 Å². The van der Waals surface area contributed by atoms with Crippen LogP contribution in [0.2, 0.25) is 0 Å². The Hall–Kier alpha value is -2.29. The molecule has 2 aromatic carbocycles. The Bertz CT molecular complexity index is 593. The minimum Gasteiger partial charge on any atom is -0.481 e.